The molecule has 0 aliphatic carbocycles. The number of nitrogens with zero attached hydrogens (tertiary/aromatic N) is 2. The molecule has 2 amide bonds. The van der Waals surface area contributed by atoms with E-state index < -0.39 is 12.0 Å². The van der Waals surface area contributed by atoms with Crippen LogP contribution in [0.5, 0.6) is 0 Å². The highest BCUT2D eigenvalue weighted by Gasteiger charge is 2.32. The molecule has 0 bridgehead atoms. The molecule has 0 spiro atoms. The zero-order valence-electron chi connectivity index (χ0n) is 14.7. The molecule has 1 aliphatic rings. The van der Waals surface area contributed by atoms with Crippen LogP contribution in [0.3, 0.4) is 0 Å². The van der Waals surface area contributed by atoms with E-state index in [0.29, 0.717) is 21.4 Å². The molecule has 1 fully saturated rings. The predicted octanol–water partition coefficient (Wildman–Crippen LogP) is 3.51. The molecule has 1 aromatic rings. The summed E-state index contributed by atoms with van der Waals surface area (Å²) in [5, 5.41) is 5.93. The van der Waals surface area contributed by atoms with Gasteiger partial charge in [0.1, 0.15) is 5.84 Å². The SMILES string of the molecule is CCOC(=O)NC(=NC(C)C)/N=C1/NC(=O)CC1c1cccc(Cl)c1Cl. The van der Waals surface area contributed by atoms with Crippen LogP contribution in [-0.2, 0) is 9.53 Å². The van der Waals surface area contributed by atoms with E-state index in [1.165, 1.54) is 0 Å². The Bertz CT molecular complexity index is 762. The van der Waals surface area contributed by atoms with Crippen LogP contribution in [-0.4, -0.2) is 36.4 Å². The maximum Gasteiger partial charge on any atom is 0.414 e. The minimum Gasteiger partial charge on any atom is -0.450 e. The van der Waals surface area contributed by atoms with Gasteiger partial charge in [-0.05, 0) is 32.4 Å². The fourth-order valence-electron chi connectivity index (χ4n) is 2.42. The Morgan fingerprint density at radius 2 is 2.15 bits per heavy atom. The number of amides is 2. The molecule has 1 saturated heterocycles. The first-order valence-corrected chi connectivity index (χ1v) is 8.91. The number of nitrogens with one attached hydrogen (secondary N) is 2. The first-order valence-electron chi connectivity index (χ1n) is 8.15. The Labute approximate surface area is 161 Å². The first-order chi connectivity index (χ1) is 12.3. The largest absolute Gasteiger partial charge is 0.450 e. The summed E-state index contributed by atoms with van der Waals surface area (Å²) in [5.74, 6) is -0.214. The number of amidine groups is 1. The smallest absolute Gasteiger partial charge is 0.414 e. The number of benzene rings is 1. The molecule has 0 aromatic heterocycles. The Kier molecular flexibility index (Phi) is 6.99. The second-order valence-corrected chi connectivity index (χ2v) is 6.62. The van der Waals surface area contributed by atoms with Gasteiger partial charge in [-0.3, -0.25) is 10.1 Å². The van der Waals surface area contributed by atoms with Gasteiger partial charge in [0.2, 0.25) is 11.9 Å². The Morgan fingerprint density at radius 3 is 2.81 bits per heavy atom. The van der Waals surface area contributed by atoms with E-state index in [4.69, 9.17) is 27.9 Å². The van der Waals surface area contributed by atoms with Crippen LogP contribution in [0.2, 0.25) is 10.0 Å². The highest BCUT2D eigenvalue weighted by Crippen LogP contribution is 2.35. The molecule has 0 saturated carbocycles. The van der Waals surface area contributed by atoms with Gasteiger partial charge < -0.3 is 10.1 Å². The van der Waals surface area contributed by atoms with E-state index in [1.54, 1.807) is 25.1 Å². The first kappa shape index (κ1) is 20.2. The molecule has 1 unspecified atom stereocenters. The third kappa shape index (κ3) is 5.19. The molecule has 1 aliphatic heterocycles. The minimum atomic E-state index is -0.669. The number of hydrogen-bond donors (Lipinski definition) is 2. The van der Waals surface area contributed by atoms with Crippen LogP contribution < -0.4 is 10.6 Å². The van der Waals surface area contributed by atoms with Crippen LogP contribution in [0.4, 0.5) is 4.79 Å². The number of guanidine groups is 1. The maximum absolute atomic E-state index is 11.9. The number of hydrogen-bond acceptors (Lipinski definition) is 4. The average molecular weight is 399 g/mol. The zero-order valence-corrected chi connectivity index (χ0v) is 16.2. The van der Waals surface area contributed by atoms with Crippen molar-refractivity contribution in [2.75, 3.05) is 6.61 Å². The third-order valence-corrected chi connectivity index (χ3v) is 4.27. The van der Waals surface area contributed by atoms with Gasteiger partial charge >= 0.3 is 6.09 Å². The van der Waals surface area contributed by atoms with E-state index in [-0.39, 0.29) is 30.9 Å². The Balaban J connectivity index is 2.38. The molecule has 1 heterocycles. The van der Waals surface area contributed by atoms with Crippen molar-refractivity contribution in [3.8, 4) is 0 Å². The van der Waals surface area contributed by atoms with Crippen LogP contribution >= 0.6 is 23.2 Å². The lowest BCUT2D eigenvalue weighted by molar-refractivity contribution is -0.118. The summed E-state index contributed by atoms with van der Waals surface area (Å²) in [6.07, 6.45) is -0.495. The zero-order chi connectivity index (χ0) is 19.3. The van der Waals surface area contributed by atoms with Crippen molar-refractivity contribution in [2.45, 2.75) is 39.2 Å². The molecule has 2 N–H and O–H groups in total. The summed E-state index contributed by atoms with van der Waals surface area (Å²) in [5.41, 5.74) is 0.677. The monoisotopic (exact) mass is 398 g/mol. The van der Waals surface area contributed by atoms with E-state index in [2.05, 4.69) is 20.6 Å². The Morgan fingerprint density at radius 1 is 1.42 bits per heavy atom. The molecule has 0 radical (unpaired) electrons. The highest BCUT2D eigenvalue weighted by atomic mass is 35.5. The predicted molar refractivity (Wildman–Crippen MR) is 102 cm³/mol. The lowest BCUT2D eigenvalue weighted by atomic mass is 9.97. The van der Waals surface area contributed by atoms with Crippen LogP contribution in [0.25, 0.3) is 0 Å². The lowest BCUT2D eigenvalue weighted by Gasteiger charge is -2.14. The molecular weight excluding hydrogens is 379 g/mol. The van der Waals surface area contributed by atoms with Gasteiger partial charge in [-0.25, -0.2) is 9.79 Å². The molecule has 7 nitrogen and oxygen atoms in total. The van der Waals surface area contributed by atoms with Gasteiger partial charge in [-0.15, -0.1) is 0 Å². The van der Waals surface area contributed by atoms with Crippen molar-refractivity contribution in [2.24, 2.45) is 9.98 Å². The summed E-state index contributed by atoms with van der Waals surface area (Å²) < 4.78 is 4.86. The van der Waals surface area contributed by atoms with Crippen molar-refractivity contribution < 1.29 is 14.3 Å². The number of ether oxygens (including phenoxy) is 1. The fourth-order valence-corrected chi connectivity index (χ4v) is 2.86. The number of halogens is 2. The highest BCUT2D eigenvalue weighted by molar-refractivity contribution is 6.42. The number of carbonyl (C=O) groups excluding carboxylic acids is 2. The molecule has 1 atom stereocenters. The maximum atomic E-state index is 11.9. The second-order valence-electron chi connectivity index (χ2n) is 5.84. The molecule has 140 valence electrons. The normalized spacial score (nSPS) is 19.0. The van der Waals surface area contributed by atoms with Crippen molar-refractivity contribution in [1.82, 2.24) is 10.6 Å². The molecule has 2 rings (SSSR count). The van der Waals surface area contributed by atoms with Gasteiger partial charge in [0, 0.05) is 12.5 Å². The van der Waals surface area contributed by atoms with Gasteiger partial charge in [-0.2, -0.15) is 4.99 Å². The third-order valence-electron chi connectivity index (χ3n) is 3.44. The summed E-state index contributed by atoms with van der Waals surface area (Å²) in [6.45, 7) is 5.59. The van der Waals surface area contributed by atoms with Gasteiger partial charge in [-0.1, -0.05) is 35.3 Å². The summed E-state index contributed by atoms with van der Waals surface area (Å²) in [6, 6.07) is 5.08. The van der Waals surface area contributed by atoms with Crippen LogP contribution in [0, 0.1) is 0 Å². The number of alkyl carbamates (subject to hydrolysis) is 1. The van der Waals surface area contributed by atoms with Crippen molar-refractivity contribution in [3.05, 3.63) is 33.8 Å². The molecular formula is C17H20Cl2N4O3. The van der Waals surface area contributed by atoms with Gasteiger partial charge in [0.05, 0.1) is 22.6 Å². The second kappa shape index (κ2) is 9.00. The van der Waals surface area contributed by atoms with Crippen molar-refractivity contribution in [1.29, 1.82) is 0 Å². The van der Waals surface area contributed by atoms with Gasteiger partial charge in [0.25, 0.3) is 0 Å². The average Bonchev–Trinajstić information content (AvgIpc) is 2.89. The molecule has 26 heavy (non-hydrogen) atoms. The van der Waals surface area contributed by atoms with Crippen LogP contribution in [0.1, 0.15) is 38.7 Å². The number of aliphatic imine (C=N–C) groups is 2. The lowest BCUT2D eigenvalue weighted by Crippen LogP contribution is -2.33. The van der Waals surface area contributed by atoms with Crippen LogP contribution in [0.15, 0.2) is 28.2 Å². The fraction of sp³-hybridized carbons (Fsp3) is 0.412. The van der Waals surface area contributed by atoms with E-state index in [0.717, 1.165) is 0 Å². The molecule has 9 heteroatoms. The van der Waals surface area contributed by atoms with E-state index in [9.17, 15) is 9.59 Å². The molecule has 1 aromatic carbocycles. The topological polar surface area (TPSA) is 92.2 Å². The summed E-state index contributed by atoms with van der Waals surface area (Å²) >= 11 is 12.4. The summed E-state index contributed by atoms with van der Waals surface area (Å²) in [7, 11) is 0. The standard InChI is InChI=1S/C17H20Cl2N4O3/c1-4-26-17(25)23-16(20-9(2)3)22-15-11(8-13(24)21-15)10-6-5-7-12(18)14(10)19/h5-7,9,11H,4,8H2,1-3H3,(H2,20,21,22,23,24,25). The van der Waals surface area contributed by atoms with Gasteiger partial charge in [0.15, 0.2) is 0 Å². The van der Waals surface area contributed by atoms with E-state index >= 15 is 0 Å². The minimum absolute atomic E-state index is 0.0544. The Hall–Kier alpha value is -2.12. The van der Waals surface area contributed by atoms with Crippen molar-refractivity contribution in [3.63, 3.8) is 0 Å². The summed E-state index contributed by atoms with van der Waals surface area (Å²) in [4.78, 5) is 32.3. The number of rotatable bonds is 3. The number of carbonyl (C=O) groups is 2. The quantitative estimate of drug-likeness (QED) is 0.602. The van der Waals surface area contributed by atoms with E-state index in [1.807, 2.05) is 13.8 Å². The van der Waals surface area contributed by atoms with Crippen molar-refractivity contribution >= 4 is 47.0 Å².